The van der Waals surface area contributed by atoms with E-state index in [9.17, 15) is 4.79 Å². The number of hydrogen-bond donors (Lipinski definition) is 1. The zero-order chi connectivity index (χ0) is 18.2. The molecule has 1 aliphatic heterocycles. The highest BCUT2D eigenvalue weighted by molar-refractivity contribution is 5.84. The van der Waals surface area contributed by atoms with Gasteiger partial charge in [0.05, 0.1) is 5.69 Å². The molecule has 0 spiro atoms. The lowest BCUT2D eigenvalue weighted by atomic mass is 9.80. The van der Waals surface area contributed by atoms with Crippen LogP contribution in [0, 0.1) is 0 Å². The van der Waals surface area contributed by atoms with E-state index < -0.39 is 0 Å². The van der Waals surface area contributed by atoms with E-state index in [1.54, 1.807) is 0 Å². The number of piperidine rings is 1. The fourth-order valence-corrected chi connectivity index (χ4v) is 5.28. The predicted octanol–water partition coefficient (Wildman–Crippen LogP) is 3.75. The highest BCUT2D eigenvalue weighted by Gasteiger charge is 2.29. The Bertz CT molecular complexity index is 871. The molecular formula is C22H32N4O. The van der Waals surface area contributed by atoms with Gasteiger partial charge in [0.25, 0.3) is 5.56 Å². The fraction of sp³-hybridized carbons (Fsp3) is 0.727. The van der Waals surface area contributed by atoms with Crippen LogP contribution in [-0.4, -0.2) is 39.3 Å². The summed E-state index contributed by atoms with van der Waals surface area (Å²) in [6.45, 7) is 4.55. The van der Waals surface area contributed by atoms with E-state index >= 15 is 0 Å². The second-order valence-corrected chi connectivity index (χ2v) is 8.83. The number of aryl methyl sites for hydroxylation is 2. The average Bonchev–Trinajstić information content (AvgIpc) is 3.00. The van der Waals surface area contributed by atoms with Gasteiger partial charge in [-0.15, -0.1) is 0 Å². The van der Waals surface area contributed by atoms with E-state index in [0.29, 0.717) is 5.92 Å². The molecule has 2 fully saturated rings. The molecule has 5 heteroatoms. The van der Waals surface area contributed by atoms with E-state index in [1.807, 2.05) is 0 Å². The summed E-state index contributed by atoms with van der Waals surface area (Å²) in [5.74, 6) is 0.604. The molecule has 1 saturated heterocycles. The lowest BCUT2D eigenvalue weighted by Crippen LogP contribution is -2.31. The van der Waals surface area contributed by atoms with Crippen molar-refractivity contribution < 1.29 is 0 Å². The summed E-state index contributed by atoms with van der Waals surface area (Å²) < 4.78 is 2.13. The van der Waals surface area contributed by atoms with Gasteiger partial charge in [0.1, 0.15) is 5.65 Å². The molecule has 5 rings (SSSR count). The summed E-state index contributed by atoms with van der Waals surface area (Å²) in [6, 6.07) is 0. The van der Waals surface area contributed by atoms with E-state index in [0.717, 1.165) is 50.0 Å². The van der Waals surface area contributed by atoms with Crippen molar-refractivity contribution in [3.05, 3.63) is 27.2 Å². The van der Waals surface area contributed by atoms with Crippen molar-refractivity contribution in [2.75, 3.05) is 19.6 Å². The molecule has 3 aliphatic rings. The van der Waals surface area contributed by atoms with E-state index in [4.69, 9.17) is 5.10 Å². The number of aromatic amines is 1. The van der Waals surface area contributed by atoms with Crippen molar-refractivity contribution in [3.8, 4) is 0 Å². The van der Waals surface area contributed by atoms with Gasteiger partial charge in [-0.3, -0.25) is 4.79 Å². The number of likely N-dealkylation sites (tertiary alicyclic amines) is 1. The van der Waals surface area contributed by atoms with Crippen LogP contribution in [0.4, 0.5) is 0 Å². The molecule has 2 aromatic heterocycles. The van der Waals surface area contributed by atoms with Crippen LogP contribution in [-0.2, 0) is 19.4 Å². The Morgan fingerprint density at radius 3 is 2.44 bits per heavy atom. The smallest absolute Gasteiger partial charge is 0.253 e. The number of H-pyrrole nitrogens is 1. The van der Waals surface area contributed by atoms with E-state index in [-0.39, 0.29) is 5.56 Å². The number of nitrogens with one attached hydrogen (secondary N) is 1. The normalized spacial score (nSPS) is 21.3. The maximum Gasteiger partial charge on any atom is 0.253 e. The molecule has 146 valence electrons. The lowest BCUT2D eigenvalue weighted by Gasteiger charge is -2.26. The second-order valence-electron chi connectivity index (χ2n) is 8.83. The van der Waals surface area contributed by atoms with Crippen LogP contribution < -0.4 is 5.56 Å². The number of hydrogen-bond acceptors (Lipinski definition) is 3. The van der Waals surface area contributed by atoms with Gasteiger partial charge in [0.15, 0.2) is 0 Å². The summed E-state index contributed by atoms with van der Waals surface area (Å²) in [4.78, 5) is 18.5. The molecule has 27 heavy (non-hydrogen) atoms. The summed E-state index contributed by atoms with van der Waals surface area (Å²) in [5, 5.41) is 6.38. The van der Waals surface area contributed by atoms with Crippen molar-refractivity contribution in [1.82, 2.24) is 19.7 Å². The van der Waals surface area contributed by atoms with Crippen LogP contribution in [0.2, 0.25) is 0 Å². The molecule has 0 aromatic carbocycles. The highest BCUT2D eigenvalue weighted by atomic mass is 16.1. The third-order valence-corrected chi connectivity index (χ3v) is 7.04. The van der Waals surface area contributed by atoms with Gasteiger partial charge < -0.3 is 9.88 Å². The molecule has 1 saturated carbocycles. The first kappa shape index (κ1) is 17.5. The van der Waals surface area contributed by atoms with E-state index in [1.165, 1.54) is 74.7 Å². The Morgan fingerprint density at radius 2 is 1.70 bits per heavy atom. The number of aromatic nitrogens is 3. The molecule has 3 heterocycles. The van der Waals surface area contributed by atoms with Gasteiger partial charge >= 0.3 is 0 Å². The van der Waals surface area contributed by atoms with Crippen LogP contribution in [0.3, 0.4) is 0 Å². The van der Waals surface area contributed by atoms with E-state index in [2.05, 4.69) is 14.6 Å². The van der Waals surface area contributed by atoms with Crippen LogP contribution in [0.1, 0.15) is 80.5 Å². The molecule has 0 radical (unpaired) electrons. The molecule has 1 N–H and O–H groups in total. The summed E-state index contributed by atoms with van der Waals surface area (Å²) in [5.41, 5.74) is 4.78. The Labute approximate surface area is 161 Å². The summed E-state index contributed by atoms with van der Waals surface area (Å²) in [7, 11) is 0. The van der Waals surface area contributed by atoms with Crippen molar-refractivity contribution in [2.45, 2.75) is 83.1 Å². The first-order valence-corrected chi connectivity index (χ1v) is 11.2. The Kier molecular flexibility index (Phi) is 4.80. The number of rotatable bonds is 5. The molecule has 2 aromatic rings. The van der Waals surface area contributed by atoms with Gasteiger partial charge in [-0.1, -0.05) is 12.8 Å². The predicted molar refractivity (Wildman–Crippen MR) is 108 cm³/mol. The zero-order valence-corrected chi connectivity index (χ0v) is 16.4. The van der Waals surface area contributed by atoms with Crippen LogP contribution >= 0.6 is 0 Å². The monoisotopic (exact) mass is 368 g/mol. The minimum atomic E-state index is 0.134. The van der Waals surface area contributed by atoms with Gasteiger partial charge in [-0.2, -0.15) is 5.10 Å². The third kappa shape index (κ3) is 3.24. The average molecular weight is 369 g/mol. The van der Waals surface area contributed by atoms with Gasteiger partial charge in [0, 0.05) is 23.4 Å². The van der Waals surface area contributed by atoms with Crippen LogP contribution in [0.25, 0.3) is 11.0 Å². The maximum atomic E-state index is 12.7. The Morgan fingerprint density at radius 1 is 0.926 bits per heavy atom. The fourth-order valence-electron chi connectivity index (χ4n) is 5.28. The van der Waals surface area contributed by atoms with Crippen molar-refractivity contribution in [2.24, 2.45) is 0 Å². The molecule has 0 amide bonds. The van der Waals surface area contributed by atoms with Crippen molar-refractivity contribution in [3.63, 3.8) is 0 Å². The number of fused-ring (bicyclic) bond motifs is 3. The largest absolute Gasteiger partial charge is 0.307 e. The number of nitrogens with zero attached hydrogens (tertiary/aromatic N) is 3. The SMILES string of the molecule is O=c1[nH]c2c(c(C3CCC3)nn2CCCN2CCCCC2)c2c1CCCC2. The molecule has 0 atom stereocenters. The molecule has 2 aliphatic carbocycles. The minimum absolute atomic E-state index is 0.134. The topological polar surface area (TPSA) is 53.9 Å². The Hall–Kier alpha value is -1.62. The van der Waals surface area contributed by atoms with Crippen LogP contribution in [0.5, 0.6) is 0 Å². The summed E-state index contributed by atoms with van der Waals surface area (Å²) >= 11 is 0. The molecule has 0 unspecified atom stereocenters. The van der Waals surface area contributed by atoms with Gasteiger partial charge in [-0.25, -0.2) is 4.68 Å². The zero-order valence-electron chi connectivity index (χ0n) is 16.4. The number of pyridine rings is 1. The van der Waals surface area contributed by atoms with Crippen molar-refractivity contribution in [1.29, 1.82) is 0 Å². The van der Waals surface area contributed by atoms with Crippen molar-refractivity contribution >= 4 is 11.0 Å². The Balaban J connectivity index is 1.46. The molecular weight excluding hydrogens is 336 g/mol. The quantitative estimate of drug-likeness (QED) is 0.874. The third-order valence-electron chi connectivity index (χ3n) is 7.04. The van der Waals surface area contributed by atoms with Gasteiger partial charge in [-0.05, 0) is 83.0 Å². The molecule has 0 bridgehead atoms. The van der Waals surface area contributed by atoms with Gasteiger partial charge in [0.2, 0.25) is 0 Å². The molecule has 5 nitrogen and oxygen atoms in total. The maximum absolute atomic E-state index is 12.7. The van der Waals surface area contributed by atoms with Crippen LogP contribution in [0.15, 0.2) is 4.79 Å². The minimum Gasteiger partial charge on any atom is -0.307 e. The summed E-state index contributed by atoms with van der Waals surface area (Å²) in [6.07, 6.45) is 13.4. The second kappa shape index (κ2) is 7.42. The lowest BCUT2D eigenvalue weighted by molar-refractivity contribution is 0.222. The highest BCUT2D eigenvalue weighted by Crippen LogP contribution is 2.40. The first-order chi connectivity index (χ1) is 13.3. The first-order valence-electron chi connectivity index (χ1n) is 11.2. The standard InChI is InChI=1S/C22H32N4O/c27-22-18-11-3-2-10-17(18)19-20(16-8-6-9-16)24-26(21(19)23-22)15-7-14-25-12-4-1-5-13-25/h16H,1-15H2,(H,23,27).